The molecule has 24 nitrogen and oxygen atoms in total. The second-order valence-corrected chi connectivity index (χ2v) is 16.3. The fourth-order valence-corrected chi connectivity index (χ4v) is 5.32. The van der Waals surface area contributed by atoms with E-state index in [9.17, 15) is 58.8 Å². The van der Waals surface area contributed by atoms with Crippen molar-refractivity contribution in [3.63, 3.8) is 0 Å². The fraction of sp³-hybridized carbons (Fsp3) is 0.846. The predicted octanol–water partition coefficient (Wildman–Crippen LogP) is 1.12. The molecule has 0 aromatic heterocycles. The maximum Gasteiger partial charge on any atom is 4.00 e. The van der Waals surface area contributed by atoms with Crippen LogP contribution < -0.4 is 20.4 Å². The first-order valence-electron chi connectivity index (χ1n) is 26.6. The van der Waals surface area contributed by atoms with E-state index in [-0.39, 0.29) is 101 Å². The van der Waals surface area contributed by atoms with Gasteiger partial charge in [-0.3, -0.25) is 19.2 Å². The third-order valence-electron chi connectivity index (χ3n) is 8.95. The van der Waals surface area contributed by atoms with E-state index in [0.29, 0.717) is 77.8 Å². The summed E-state index contributed by atoms with van der Waals surface area (Å²) in [6.45, 7) is 22.8. The summed E-state index contributed by atoms with van der Waals surface area (Å²) in [6, 6.07) is 0. The van der Waals surface area contributed by atoms with Crippen LogP contribution >= 0.6 is 0 Å². The van der Waals surface area contributed by atoms with Crippen molar-refractivity contribution in [2.24, 2.45) is 0 Å². The molecule has 77 heavy (non-hydrogen) atoms. The zero-order valence-corrected chi connectivity index (χ0v) is 49.7. The van der Waals surface area contributed by atoms with Gasteiger partial charge in [-0.05, 0) is 77.0 Å². The van der Waals surface area contributed by atoms with Gasteiger partial charge in [-0.25, -0.2) is 0 Å². The Hall–Kier alpha value is -3.21. The Kier molecular flexibility index (Phi) is 56.0. The second kappa shape index (κ2) is 52.2. The molecule has 0 N–H and O–H groups in total. The number of rotatable bonds is 48. The zero-order chi connectivity index (χ0) is 58.9. The summed E-state index contributed by atoms with van der Waals surface area (Å²) in [5.74, 6) is -19.2. The maximum absolute atomic E-state index is 12.0. The van der Waals surface area contributed by atoms with Gasteiger partial charge in [0.05, 0.1) is 52.9 Å². The van der Waals surface area contributed by atoms with Gasteiger partial charge in [-0.15, -0.1) is 0 Å². The topological polar surface area (TPSA) is 340 Å². The molecule has 0 spiro atoms. The van der Waals surface area contributed by atoms with E-state index >= 15 is 0 Å². The van der Waals surface area contributed by atoms with Crippen molar-refractivity contribution in [3.05, 3.63) is 0 Å². The average Bonchev–Trinajstić information content (AvgIpc) is 3.39. The predicted molar refractivity (Wildman–Crippen MR) is 265 cm³/mol. The molecule has 0 atom stereocenters. The number of carbonyl (C=O) groups excluding carboxylic acids is 8. The fourth-order valence-electron chi connectivity index (χ4n) is 5.32. The first-order chi connectivity index (χ1) is 36.2. The molecule has 0 radical (unpaired) electrons. The number of carboxylic acids is 4. The molecule has 25 heteroatoms. The molecule has 0 saturated carbocycles. The minimum Gasteiger partial charge on any atom is -0.544 e. The Labute approximate surface area is 471 Å². The first-order valence-corrected chi connectivity index (χ1v) is 26.6. The summed E-state index contributed by atoms with van der Waals surface area (Å²) in [7, 11) is 0. The molecule has 0 bridgehead atoms. The summed E-state index contributed by atoms with van der Waals surface area (Å²) >= 11 is 0. The Bertz CT molecular complexity index is 1300. The second-order valence-electron chi connectivity index (χ2n) is 16.3. The summed E-state index contributed by atoms with van der Waals surface area (Å²) in [6.07, 6.45) is 7.44. The minimum absolute atomic E-state index is 0. The molecule has 0 unspecified atom stereocenters. The van der Waals surface area contributed by atoms with E-state index in [1.807, 2.05) is 27.7 Å². The van der Waals surface area contributed by atoms with E-state index in [1.54, 1.807) is 55.4 Å². The van der Waals surface area contributed by atoms with Crippen molar-refractivity contribution in [3.8, 4) is 0 Å². The van der Waals surface area contributed by atoms with Crippen LogP contribution in [0.3, 0.4) is 0 Å². The van der Waals surface area contributed by atoms with Crippen molar-refractivity contribution in [2.75, 3.05) is 106 Å². The molecule has 448 valence electrons. The SMILES string of the molecule is CCCOCC(=O)C(OCCC)(OCCC)C(=O)[O-].CCCOCC(=O)C(OCCC)(OCCC)C(=O)[O-].CCCOCC(=O)C(OCCC)(OCCC)C(=O)[O-].CCCOCC(=O)C(OCCC)(OCCC)C(=O)[O-].[Ti+4]. The van der Waals surface area contributed by atoms with Gasteiger partial charge in [0, 0.05) is 26.4 Å². The van der Waals surface area contributed by atoms with Crippen LogP contribution in [-0.4, -0.2) is 176 Å². The van der Waals surface area contributed by atoms with E-state index in [0.717, 1.165) is 25.7 Å². The quantitative estimate of drug-likeness (QED) is 0.0356. The molecular formula is C52H92O24Ti. The number of ether oxygens (including phenoxy) is 12. The molecule has 0 aliphatic heterocycles. The van der Waals surface area contributed by atoms with Gasteiger partial charge < -0.3 is 96.4 Å². The van der Waals surface area contributed by atoms with Crippen LogP contribution in [0.1, 0.15) is 160 Å². The average molecular weight is 1150 g/mol. The standard InChI is InChI=1S/4C13H24O6.Ti/c4*1-4-7-17-10-11(14)13(12(15)16,18-8-5-2)19-9-6-3;/h4*4-10H2,1-3H3,(H,15,16);/q;;;;+4/p-4. The Morgan fingerprint density at radius 3 is 0.455 bits per heavy atom. The van der Waals surface area contributed by atoms with Crippen molar-refractivity contribution in [2.45, 2.75) is 183 Å². The number of ketones is 4. The third-order valence-corrected chi connectivity index (χ3v) is 8.95. The van der Waals surface area contributed by atoms with E-state index < -0.39 is 70.2 Å². The minimum atomic E-state index is -2.35. The van der Waals surface area contributed by atoms with Crippen molar-refractivity contribution < 1.29 is 137 Å². The molecule has 0 saturated heterocycles. The number of carboxylic acid groups (broad SMARTS) is 4. The number of Topliss-reactive ketones (excluding diaryl/α,β-unsaturated/α-hetero) is 4. The summed E-state index contributed by atoms with van der Waals surface area (Å²) < 4.78 is 61.2. The van der Waals surface area contributed by atoms with Crippen LogP contribution in [0.2, 0.25) is 0 Å². The largest absolute Gasteiger partial charge is 4.00 e. The van der Waals surface area contributed by atoms with Crippen molar-refractivity contribution in [1.29, 1.82) is 0 Å². The monoisotopic (exact) mass is 1150 g/mol. The molecule has 0 aromatic rings. The van der Waals surface area contributed by atoms with Gasteiger partial charge in [0.25, 0.3) is 23.1 Å². The summed E-state index contributed by atoms with van der Waals surface area (Å²) in [5.41, 5.74) is 0. The van der Waals surface area contributed by atoms with Gasteiger partial charge in [0.15, 0.2) is 0 Å². The van der Waals surface area contributed by atoms with Crippen LogP contribution in [-0.2, 0) is 117 Å². The Balaban J connectivity index is -0.000000298. The molecule has 0 aromatic carbocycles. The van der Waals surface area contributed by atoms with E-state index in [2.05, 4.69) is 0 Å². The van der Waals surface area contributed by atoms with Crippen LogP contribution in [0.15, 0.2) is 0 Å². The van der Waals surface area contributed by atoms with Gasteiger partial charge in [-0.2, -0.15) is 0 Å². The van der Waals surface area contributed by atoms with Crippen molar-refractivity contribution >= 4 is 47.0 Å². The van der Waals surface area contributed by atoms with Crippen molar-refractivity contribution in [1.82, 2.24) is 0 Å². The number of carbonyl (C=O) groups is 8. The molecule has 0 heterocycles. The first kappa shape index (κ1) is 82.6. The molecule has 0 fully saturated rings. The van der Waals surface area contributed by atoms with Gasteiger partial charge >= 0.3 is 21.7 Å². The molecule has 0 amide bonds. The van der Waals surface area contributed by atoms with Gasteiger partial charge in [0.2, 0.25) is 23.1 Å². The Morgan fingerprint density at radius 2 is 0.364 bits per heavy atom. The van der Waals surface area contributed by atoms with Gasteiger partial charge in [0.1, 0.15) is 50.3 Å². The van der Waals surface area contributed by atoms with Crippen LogP contribution in [0.4, 0.5) is 0 Å². The zero-order valence-electron chi connectivity index (χ0n) is 48.1. The van der Waals surface area contributed by atoms with Gasteiger partial charge in [-0.1, -0.05) is 83.1 Å². The number of hydrogen-bond acceptors (Lipinski definition) is 24. The molecular weight excluding hydrogens is 1060 g/mol. The van der Waals surface area contributed by atoms with Crippen LogP contribution in [0.5, 0.6) is 0 Å². The number of aliphatic carboxylic acids is 4. The number of hydrogen-bond donors (Lipinski definition) is 0. The molecule has 0 rings (SSSR count). The normalized spacial score (nSPS) is 11.4. The maximum atomic E-state index is 12.0. The Morgan fingerprint density at radius 1 is 0.247 bits per heavy atom. The summed E-state index contributed by atoms with van der Waals surface area (Å²) in [5, 5.41) is 45.1. The smallest absolute Gasteiger partial charge is 0.544 e. The third kappa shape index (κ3) is 33.2. The van der Waals surface area contributed by atoms with E-state index in [4.69, 9.17) is 56.8 Å². The van der Waals surface area contributed by atoms with E-state index in [1.165, 1.54) is 0 Å². The molecule has 0 aliphatic carbocycles. The summed E-state index contributed by atoms with van der Waals surface area (Å²) in [4.78, 5) is 93.1. The van der Waals surface area contributed by atoms with Crippen LogP contribution in [0.25, 0.3) is 0 Å². The van der Waals surface area contributed by atoms with Crippen LogP contribution in [0, 0.1) is 0 Å². The molecule has 0 aliphatic rings.